The van der Waals surface area contributed by atoms with Gasteiger partial charge in [0, 0.05) is 11.3 Å². The molecular weight excluding hydrogens is 354 g/mol. The first-order valence-corrected chi connectivity index (χ1v) is 9.21. The molecule has 28 heavy (non-hydrogen) atoms. The molecule has 144 valence electrons. The van der Waals surface area contributed by atoms with E-state index in [1.54, 1.807) is 18.2 Å². The fourth-order valence-electron chi connectivity index (χ4n) is 2.70. The molecule has 3 N–H and O–H groups in total. The normalized spacial score (nSPS) is 10.9. The number of ether oxygens (including phenoxy) is 1. The Hall–Kier alpha value is -3.54. The number of phenols is 1. The lowest BCUT2D eigenvalue weighted by molar-refractivity contribution is 0.252. The Labute approximate surface area is 163 Å². The average Bonchev–Trinajstić information content (AvgIpc) is 2.71. The van der Waals surface area contributed by atoms with Crippen molar-refractivity contribution in [2.45, 2.75) is 19.8 Å². The van der Waals surface area contributed by atoms with Gasteiger partial charge in [0.1, 0.15) is 11.5 Å². The molecule has 0 unspecified atom stereocenters. The number of unbranched alkanes of at least 4 members (excludes halogenated alkanes) is 1. The Bertz CT molecular complexity index is 968. The molecular formula is C22H23N3O3. The third kappa shape index (κ3) is 5.01. The van der Waals surface area contributed by atoms with E-state index in [0.29, 0.717) is 17.9 Å². The molecule has 0 atom stereocenters. The molecule has 0 heterocycles. The van der Waals surface area contributed by atoms with Gasteiger partial charge in [-0.1, -0.05) is 43.7 Å². The molecule has 0 saturated carbocycles. The second-order valence-corrected chi connectivity index (χ2v) is 6.27. The number of carbonyl (C=O) groups excluding carboxylic acids is 1. The molecule has 0 aliphatic carbocycles. The summed E-state index contributed by atoms with van der Waals surface area (Å²) >= 11 is 0. The van der Waals surface area contributed by atoms with Gasteiger partial charge in [0.25, 0.3) is 0 Å². The van der Waals surface area contributed by atoms with Gasteiger partial charge >= 0.3 is 6.03 Å². The topological polar surface area (TPSA) is 83.0 Å². The van der Waals surface area contributed by atoms with Crippen LogP contribution in [0.4, 0.5) is 10.5 Å². The van der Waals surface area contributed by atoms with Gasteiger partial charge in [-0.2, -0.15) is 5.10 Å². The Morgan fingerprint density at radius 3 is 2.68 bits per heavy atom. The van der Waals surface area contributed by atoms with Crippen molar-refractivity contribution in [3.8, 4) is 11.5 Å². The van der Waals surface area contributed by atoms with Gasteiger partial charge in [0.05, 0.1) is 12.8 Å². The number of fused-ring (bicyclic) bond motifs is 1. The maximum Gasteiger partial charge on any atom is 0.339 e. The van der Waals surface area contributed by atoms with E-state index in [2.05, 4.69) is 22.8 Å². The lowest BCUT2D eigenvalue weighted by atomic mass is 10.0. The molecule has 3 aromatic rings. The minimum atomic E-state index is -0.476. The van der Waals surface area contributed by atoms with Gasteiger partial charge in [0.15, 0.2) is 0 Å². The minimum absolute atomic E-state index is 0.100. The van der Waals surface area contributed by atoms with E-state index in [0.717, 1.165) is 29.4 Å². The van der Waals surface area contributed by atoms with Crippen LogP contribution in [0.1, 0.15) is 25.3 Å². The number of nitrogens with one attached hydrogen (secondary N) is 2. The smallest absolute Gasteiger partial charge is 0.339 e. The second kappa shape index (κ2) is 9.41. The number of carbonyl (C=O) groups is 1. The van der Waals surface area contributed by atoms with Crippen molar-refractivity contribution in [3.05, 3.63) is 66.2 Å². The quantitative estimate of drug-likeness (QED) is 0.312. The fraction of sp³-hybridized carbons (Fsp3) is 0.182. The van der Waals surface area contributed by atoms with Gasteiger partial charge in [-0.25, -0.2) is 10.2 Å². The number of amides is 2. The highest BCUT2D eigenvalue weighted by atomic mass is 16.5. The zero-order valence-electron chi connectivity index (χ0n) is 15.7. The molecule has 2 amide bonds. The number of hydrazone groups is 1. The van der Waals surface area contributed by atoms with Crippen LogP contribution in [-0.4, -0.2) is 24.0 Å². The van der Waals surface area contributed by atoms with Gasteiger partial charge < -0.3 is 15.2 Å². The number of anilines is 1. The van der Waals surface area contributed by atoms with Crippen molar-refractivity contribution in [2.24, 2.45) is 5.10 Å². The number of benzene rings is 3. The maximum atomic E-state index is 12.0. The van der Waals surface area contributed by atoms with Crippen molar-refractivity contribution in [2.75, 3.05) is 11.9 Å². The van der Waals surface area contributed by atoms with Gasteiger partial charge in [0.2, 0.25) is 0 Å². The SMILES string of the molecule is CCCCOc1ccc(NC(=O)NN=Cc2c(O)ccc3ccccc23)cc1. The lowest BCUT2D eigenvalue weighted by Gasteiger charge is -2.08. The Morgan fingerprint density at radius 2 is 1.89 bits per heavy atom. The summed E-state index contributed by atoms with van der Waals surface area (Å²) < 4.78 is 5.59. The molecule has 0 aliphatic heterocycles. The number of rotatable bonds is 7. The Balaban J connectivity index is 1.58. The molecule has 3 aromatic carbocycles. The maximum absolute atomic E-state index is 12.0. The summed E-state index contributed by atoms with van der Waals surface area (Å²) in [4.78, 5) is 12.0. The molecule has 0 aromatic heterocycles. The number of hydrogen-bond acceptors (Lipinski definition) is 4. The van der Waals surface area contributed by atoms with E-state index >= 15 is 0 Å². The van der Waals surface area contributed by atoms with Gasteiger partial charge in [-0.3, -0.25) is 0 Å². The average molecular weight is 377 g/mol. The molecule has 0 radical (unpaired) electrons. The van der Waals surface area contributed by atoms with Crippen LogP contribution in [-0.2, 0) is 0 Å². The minimum Gasteiger partial charge on any atom is -0.507 e. The molecule has 0 spiro atoms. The van der Waals surface area contributed by atoms with Crippen molar-refractivity contribution >= 4 is 28.7 Å². The van der Waals surface area contributed by atoms with Crippen LogP contribution in [0.5, 0.6) is 11.5 Å². The van der Waals surface area contributed by atoms with Crippen molar-refractivity contribution in [1.82, 2.24) is 5.43 Å². The number of phenolic OH excluding ortho intramolecular Hbond substituents is 1. The number of aromatic hydroxyl groups is 1. The highest BCUT2D eigenvalue weighted by Gasteiger charge is 2.05. The van der Waals surface area contributed by atoms with E-state index in [-0.39, 0.29) is 5.75 Å². The predicted molar refractivity (Wildman–Crippen MR) is 112 cm³/mol. The molecule has 0 bridgehead atoms. The third-order valence-electron chi connectivity index (χ3n) is 4.19. The number of urea groups is 1. The van der Waals surface area contributed by atoms with E-state index in [4.69, 9.17) is 4.74 Å². The van der Waals surface area contributed by atoms with Crippen LogP contribution < -0.4 is 15.5 Å². The number of nitrogens with zero attached hydrogens (tertiary/aromatic N) is 1. The molecule has 0 fully saturated rings. The molecule has 0 saturated heterocycles. The van der Waals surface area contributed by atoms with Crippen molar-refractivity contribution in [3.63, 3.8) is 0 Å². The predicted octanol–water partition coefficient (Wildman–Crippen LogP) is 4.88. The van der Waals surface area contributed by atoms with E-state index in [9.17, 15) is 9.90 Å². The summed E-state index contributed by atoms with van der Waals surface area (Å²) in [5, 5.41) is 18.6. The fourth-order valence-corrected chi connectivity index (χ4v) is 2.70. The van der Waals surface area contributed by atoms with Gasteiger partial charge in [-0.15, -0.1) is 0 Å². The van der Waals surface area contributed by atoms with Crippen molar-refractivity contribution < 1.29 is 14.6 Å². The Kier molecular flexibility index (Phi) is 6.46. The first kappa shape index (κ1) is 19.2. The monoisotopic (exact) mass is 377 g/mol. The third-order valence-corrected chi connectivity index (χ3v) is 4.19. The zero-order chi connectivity index (χ0) is 19.8. The first-order valence-electron chi connectivity index (χ1n) is 9.21. The van der Waals surface area contributed by atoms with Crippen LogP contribution in [0, 0.1) is 0 Å². The largest absolute Gasteiger partial charge is 0.507 e. The molecule has 6 nitrogen and oxygen atoms in total. The summed E-state index contributed by atoms with van der Waals surface area (Å²) in [7, 11) is 0. The Morgan fingerprint density at radius 1 is 1.11 bits per heavy atom. The van der Waals surface area contributed by atoms with Crippen molar-refractivity contribution in [1.29, 1.82) is 0 Å². The van der Waals surface area contributed by atoms with Crippen LogP contribution >= 0.6 is 0 Å². The summed E-state index contributed by atoms with van der Waals surface area (Å²) in [5.74, 6) is 0.868. The highest BCUT2D eigenvalue weighted by Crippen LogP contribution is 2.25. The van der Waals surface area contributed by atoms with Crippen LogP contribution in [0.15, 0.2) is 65.8 Å². The van der Waals surface area contributed by atoms with Crippen LogP contribution in [0.3, 0.4) is 0 Å². The number of hydrogen-bond donors (Lipinski definition) is 3. The van der Waals surface area contributed by atoms with Crippen LogP contribution in [0.2, 0.25) is 0 Å². The van der Waals surface area contributed by atoms with E-state index < -0.39 is 6.03 Å². The molecule has 6 heteroatoms. The highest BCUT2D eigenvalue weighted by molar-refractivity contribution is 6.02. The molecule has 3 rings (SSSR count). The zero-order valence-corrected chi connectivity index (χ0v) is 15.7. The first-order chi connectivity index (χ1) is 13.7. The molecule has 0 aliphatic rings. The second-order valence-electron chi connectivity index (χ2n) is 6.27. The van der Waals surface area contributed by atoms with E-state index in [1.807, 2.05) is 42.5 Å². The summed E-state index contributed by atoms with van der Waals surface area (Å²) in [5.41, 5.74) is 3.58. The summed E-state index contributed by atoms with van der Waals surface area (Å²) in [6.07, 6.45) is 3.52. The van der Waals surface area contributed by atoms with E-state index in [1.165, 1.54) is 6.21 Å². The summed E-state index contributed by atoms with van der Waals surface area (Å²) in [6.45, 7) is 2.79. The van der Waals surface area contributed by atoms with Crippen LogP contribution in [0.25, 0.3) is 10.8 Å². The standard InChI is InChI=1S/C22H23N3O3/c1-2-3-14-28-18-11-9-17(10-12-18)24-22(27)25-23-15-20-19-7-5-4-6-16(19)8-13-21(20)26/h4-13,15,26H,2-3,14H2,1H3,(H2,24,25,27). The lowest BCUT2D eigenvalue weighted by Crippen LogP contribution is -2.24. The summed E-state index contributed by atoms with van der Waals surface area (Å²) in [6, 6.07) is 17.7. The van der Waals surface area contributed by atoms with Gasteiger partial charge in [-0.05, 0) is 47.5 Å².